The number of nitrogens with one attached hydrogen (secondary N) is 1. The van der Waals surface area contributed by atoms with E-state index in [9.17, 15) is 4.79 Å². The zero-order valence-electron chi connectivity index (χ0n) is 14.3. The molecule has 0 amide bonds. The van der Waals surface area contributed by atoms with Gasteiger partial charge in [0.2, 0.25) is 0 Å². The number of aromatic nitrogens is 4. The number of hydrogen-bond donors (Lipinski definition) is 1. The molecule has 1 unspecified atom stereocenters. The SMILES string of the molecule is CCCn1c2nc(-c3ccccc3Br)nc-2c2n(c1=O)CC(CC)N2. The van der Waals surface area contributed by atoms with Crippen molar-refractivity contribution < 1.29 is 0 Å². The predicted molar refractivity (Wildman–Crippen MR) is 102 cm³/mol. The number of nitrogens with zero attached hydrogens (tertiary/aromatic N) is 4. The van der Waals surface area contributed by atoms with E-state index in [-0.39, 0.29) is 11.7 Å². The van der Waals surface area contributed by atoms with Crippen LogP contribution in [0.3, 0.4) is 0 Å². The maximum absolute atomic E-state index is 12.9. The molecular formula is C18H20BrN5O. The van der Waals surface area contributed by atoms with Crippen molar-refractivity contribution in [3.8, 4) is 22.9 Å². The van der Waals surface area contributed by atoms with Gasteiger partial charge < -0.3 is 5.32 Å². The first-order valence-corrected chi connectivity index (χ1v) is 9.45. The molecule has 0 aliphatic carbocycles. The van der Waals surface area contributed by atoms with Crippen molar-refractivity contribution in [2.45, 2.75) is 45.8 Å². The van der Waals surface area contributed by atoms with E-state index in [4.69, 9.17) is 9.97 Å². The van der Waals surface area contributed by atoms with Crippen LogP contribution in [0.4, 0.5) is 5.82 Å². The highest BCUT2D eigenvalue weighted by Gasteiger charge is 2.31. The van der Waals surface area contributed by atoms with Gasteiger partial charge in [0.1, 0.15) is 11.5 Å². The molecule has 1 atom stereocenters. The van der Waals surface area contributed by atoms with Gasteiger partial charge in [0.25, 0.3) is 0 Å². The van der Waals surface area contributed by atoms with Crippen LogP contribution in [0.1, 0.15) is 26.7 Å². The molecule has 1 N–H and O–H groups in total. The van der Waals surface area contributed by atoms with Gasteiger partial charge in [0.05, 0.1) is 0 Å². The number of anilines is 1. The third kappa shape index (κ3) is 2.57. The van der Waals surface area contributed by atoms with Crippen molar-refractivity contribution >= 4 is 21.7 Å². The third-order valence-electron chi connectivity index (χ3n) is 4.65. The molecule has 1 aromatic carbocycles. The molecule has 0 fully saturated rings. The first-order valence-electron chi connectivity index (χ1n) is 8.66. The highest BCUT2D eigenvalue weighted by atomic mass is 79.9. The molecule has 0 bridgehead atoms. The topological polar surface area (TPSA) is 64.7 Å². The Morgan fingerprint density at radius 3 is 2.80 bits per heavy atom. The summed E-state index contributed by atoms with van der Waals surface area (Å²) in [7, 11) is 0. The van der Waals surface area contributed by atoms with Gasteiger partial charge in [-0.2, -0.15) is 0 Å². The molecule has 25 heavy (non-hydrogen) atoms. The Morgan fingerprint density at radius 2 is 2.08 bits per heavy atom. The largest absolute Gasteiger partial charge is 0.365 e. The summed E-state index contributed by atoms with van der Waals surface area (Å²) in [4.78, 5) is 22.5. The van der Waals surface area contributed by atoms with Gasteiger partial charge in [-0.1, -0.05) is 48.0 Å². The molecule has 130 valence electrons. The van der Waals surface area contributed by atoms with Gasteiger partial charge in [0, 0.05) is 29.2 Å². The van der Waals surface area contributed by atoms with Gasteiger partial charge in [-0.15, -0.1) is 0 Å². The van der Waals surface area contributed by atoms with Crippen molar-refractivity contribution in [3.05, 3.63) is 39.2 Å². The zero-order chi connectivity index (χ0) is 17.6. The number of rotatable bonds is 4. The second-order valence-electron chi connectivity index (χ2n) is 6.34. The highest BCUT2D eigenvalue weighted by molar-refractivity contribution is 9.10. The lowest BCUT2D eigenvalue weighted by molar-refractivity contribution is 0.556. The van der Waals surface area contributed by atoms with Gasteiger partial charge >= 0.3 is 5.69 Å². The number of hydrogen-bond acceptors (Lipinski definition) is 4. The Morgan fingerprint density at radius 1 is 1.28 bits per heavy atom. The van der Waals surface area contributed by atoms with Crippen molar-refractivity contribution in [3.63, 3.8) is 0 Å². The number of halogens is 1. The van der Waals surface area contributed by atoms with Gasteiger partial charge in [-0.3, -0.25) is 9.13 Å². The van der Waals surface area contributed by atoms with Gasteiger partial charge in [0.15, 0.2) is 11.6 Å². The van der Waals surface area contributed by atoms with Gasteiger partial charge in [-0.25, -0.2) is 14.8 Å². The van der Waals surface area contributed by atoms with E-state index >= 15 is 0 Å². The molecule has 4 rings (SSSR count). The molecule has 6 nitrogen and oxygen atoms in total. The van der Waals surface area contributed by atoms with E-state index in [0.717, 1.165) is 34.4 Å². The molecule has 0 saturated carbocycles. The lowest BCUT2D eigenvalue weighted by atomic mass is 10.2. The Labute approximate surface area is 154 Å². The minimum absolute atomic E-state index is 0.00798. The summed E-state index contributed by atoms with van der Waals surface area (Å²) in [6.45, 7) is 5.51. The van der Waals surface area contributed by atoms with E-state index in [0.29, 0.717) is 24.7 Å². The summed E-state index contributed by atoms with van der Waals surface area (Å²) < 4.78 is 4.51. The fraction of sp³-hybridized carbons (Fsp3) is 0.389. The quantitative estimate of drug-likeness (QED) is 0.725. The Kier molecular flexibility index (Phi) is 4.11. The molecule has 7 heteroatoms. The summed E-state index contributed by atoms with van der Waals surface area (Å²) in [5.41, 5.74) is 1.69. The van der Waals surface area contributed by atoms with E-state index in [1.54, 1.807) is 4.57 Å². The summed E-state index contributed by atoms with van der Waals surface area (Å²) in [5.74, 6) is 2.10. The number of imidazole rings is 1. The molecule has 3 aliphatic rings. The van der Waals surface area contributed by atoms with Crippen molar-refractivity contribution in [2.75, 3.05) is 5.32 Å². The molecule has 0 saturated heterocycles. The molecule has 0 spiro atoms. The summed E-state index contributed by atoms with van der Waals surface area (Å²) in [6.07, 6.45) is 1.83. The van der Waals surface area contributed by atoms with Crippen molar-refractivity contribution in [1.82, 2.24) is 19.1 Å². The first-order chi connectivity index (χ1) is 12.1. The van der Waals surface area contributed by atoms with E-state index in [2.05, 4.69) is 35.1 Å². The average Bonchev–Trinajstić information content (AvgIpc) is 3.23. The maximum Gasteiger partial charge on any atom is 0.331 e. The molecule has 0 radical (unpaired) electrons. The van der Waals surface area contributed by atoms with E-state index < -0.39 is 0 Å². The van der Waals surface area contributed by atoms with Crippen molar-refractivity contribution in [2.24, 2.45) is 0 Å². The number of fused-ring (bicyclic) bond motifs is 3. The smallest absolute Gasteiger partial charge is 0.331 e. The van der Waals surface area contributed by atoms with Crippen LogP contribution >= 0.6 is 15.9 Å². The van der Waals surface area contributed by atoms with Crippen LogP contribution in [0.2, 0.25) is 0 Å². The van der Waals surface area contributed by atoms with Crippen LogP contribution < -0.4 is 11.0 Å². The second-order valence-corrected chi connectivity index (χ2v) is 7.20. The van der Waals surface area contributed by atoms with Crippen LogP contribution in [-0.2, 0) is 13.1 Å². The van der Waals surface area contributed by atoms with Crippen LogP contribution in [0, 0.1) is 0 Å². The van der Waals surface area contributed by atoms with Crippen LogP contribution in [-0.4, -0.2) is 25.1 Å². The summed E-state index contributed by atoms with van der Waals surface area (Å²) >= 11 is 3.57. The monoisotopic (exact) mass is 401 g/mol. The van der Waals surface area contributed by atoms with E-state index in [1.165, 1.54) is 0 Å². The second kappa shape index (κ2) is 6.29. The summed E-state index contributed by atoms with van der Waals surface area (Å²) in [5, 5.41) is 3.45. The molecule has 1 aromatic rings. The highest BCUT2D eigenvalue weighted by Crippen LogP contribution is 2.35. The molecule has 3 aliphatic heterocycles. The fourth-order valence-electron chi connectivity index (χ4n) is 3.34. The van der Waals surface area contributed by atoms with Crippen LogP contribution in [0.5, 0.6) is 0 Å². The summed E-state index contributed by atoms with van der Waals surface area (Å²) in [6, 6.07) is 8.14. The van der Waals surface area contributed by atoms with Crippen LogP contribution in [0.25, 0.3) is 22.9 Å². The lowest BCUT2D eigenvalue weighted by Gasteiger charge is -2.13. The standard InChI is InChI=1S/C18H20BrN5O/c1-3-9-23-17-14(16-20-11(4-2)10-24(16)18(23)25)21-15(22-17)12-7-5-6-8-13(12)19/h5-8,11,20H,3-4,9-10H2,1-2H3. The lowest BCUT2D eigenvalue weighted by Crippen LogP contribution is -2.32. The zero-order valence-corrected chi connectivity index (χ0v) is 15.9. The molecule has 3 heterocycles. The minimum Gasteiger partial charge on any atom is -0.365 e. The maximum atomic E-state index is 12.9. The molecular weight excluding hydrogens is 382 g/mol. The Bertz CT molecular complexity index is 961. The molecule has 0 aromatic heterocycles. The minimum atomic E-state index is -0.00798. The predicted octanol–water partition coefficient (Wildman–Crippen LogP) is 3.59. The van der Waals surface area contributed by atoms with Gasteiger partial charge in [-0.05, 0) is 18.9 Å². The Balaban J connectivity index is 1.97. The number of benzene rings is 1. The average molecular weight is 402 g/mol. The normalized spacial score (nSPS) is 16.2. The van der Waals surface area contributed by atoms with E-state index in [1.807, 2.05) is 28.8 Å². The fourth-order valence-corrected chi connectivity index (χ4v) is 3.80. The first kappa shape index (κ1) is 16.3. The third-order valence-corrected chi connectivity index (χ3v) is 5.34. The van der Waals surface area contributed by atoms with Crippen molar-refractivity contribution in [1.29, 1.82) is 0 Å². The Hall–Kier alpha value is -2.15. The van der Waals surface area contributed by atoms with Crippen LogP contribution in [0.15, 0.2) is 33.5 Å².